The predicted octanol–water partition coefficient (Wildman–Crippen LogP) is 13.3. The molecule has 0 aliphatic heterocycles. The van der Waals surface area contributed by atoms with Crippen LogP contribution in [0.25, 0.3) is 0 Å². The van der Waals surface area contributed by atoms with Crippen molar-refractivity contribution in [3.63, 3.8) is 0 Å². The van der Waals surface area contributed by atoms with E-state index < -0.39 is 92.2 Å². The number of hydrogen-bond acceptors (Lipinski definition) is 10. The molecule has 2 atom stereocenters. The first-order valence-corrected chi connectivity index (χ1v) is 21.9. The Labute approximate surface area is 414 Å². The van der Waals surface area contributed by atoms with Crippen molar-refractivity contribution in [1.82, 2.24) is 0 Å². The van der Waals surface area contributed by atoms with Gasteiger partial charge in [-0.2, -0.15) is 46.8 Å². The Hall–Kier alpha value is -6.74. The molecule has 0 saturated carbocycles. The highest BCUT2D eigenvalue weighted by molar-refractivity contribution is 6.35. The minimum Gasteiger partial charge on any atom is -0.323 e. The molecule has 0 spiro atoms. The largest absolute Gasteiger partial charge is 0.419 e. The average molecular weight is 1050 g/mol. The number of aryl methyl sites for hydroxylation is 2. The molecule has 0 saturated heterocycles. The number of amides is 4. The molecule has 14 nitrogen and oxygen atoms in total. The van der Waals surface area contributed by atoms with Crippen molar-refractivity contribution in [1.29, 1.82) is 0 Å². The standard InChI is InChI=1S/C46H36Cl4F6N8O6/c1-5-23-17-36(60-44(70)40(22(4)66)64-62-26-14-16-30(48)28(20-26)42(68)58-34-12-8-10-32(50)38(34)46(54,55)56)24(6-2)18-35(23)59-43(69)39(21(3)65)63-61-25-13-15-29(47)27(19-25)41(67)57-33-11-7-9-31(49)37(33)45(51,52)53/h7-20,39-40H,5-6H2,1-4H3,(H,57,67)(H,58,68)(H,59,69)(H,60,70). The Balaban J connectivity index is 1.32. The third-order valence-corrected chi connectivity index (χ3v) is 11.2. The van der Waals surface area contributed by atoms with Crippen LogP contribution in [0.4, 0.5) is 60.5 Å². The maximum absolute atomic E-state index is 13.7. The van der Waals surface area contributed by atoms with E-state index in [2.05, 4.69) is 41.7 Å². The first-order valence-electron chi connectivity index (χ1n) is 20.4. The van der Waals surface area contributed by atoms with E-state index in [9.17, 15) is 55.1 Å². The van der Waals surface area contributed by atoms with Gasteiger partial charge in [0.15, 0.2) is 11.6 Å². The lowest BCUT2D eigenvalue weighted by atomic mass is 10.0. The summed E-state index contributed by atoms with van der Waals surface area (Å²) in [7, 11) is 0. The summed E-state index contributed by atoms with van der Waals surface area (Å²) in [5, 5.41) is 23.6. The van der Waals surface area contributed by atoms with E-state index in [1.54, 1.807) is 13.8 Å². The first-order chi connectivity index (χ1) is 32.8. The van der Waals surface area contributed by atoms with Crippen LogP contribution in [0.15, 0.2) is 105 Å². The number of anilines is 4. The minimum atomic E-state index is -4.91. The lowest BCUT2D eigenvalue weighted by Gasteiger charge is -2.18. The summed E-state index contributed by atoms with van der Waals surface area (Å²) < 4.78 is 82.2. The van der Waals surface area contributed by atoms with Crippen LogP contribution in [0.1, 0.15) is 70.7 Å². The number of nitrogens with one attached hydrogen (secondary N) is 4. The number of Topliss-reactive ketones (excluding diaryl/α,β-unsaturated/α-hetero) is 2. The summed E-state index contributed by atoms with van der Waals surface area (Å²) in [4.78, 5) is 78.8. The number of halogens is 10. The molecular weight excluding hydrogens is 1020 g/mol. The number of carbonyl (C=O) groups is 6. The summed E-state index contributed by atoms with van der Waals surface area (Å²) >= 11 is 23.9. The number of hydrogen-bond donors (Lipinski definition) is 4. The number of nitrogens with zero attached hydrogens (tertiary/aromatic N) is 4. The molecule has 5 aromatic rings. The third kappa shape index (κ3) is 13.3. The van der Waals surface area contributed by atoms with Gasteiger partial charge in [-0.05, 0) is 111 Å². The second-order valence-electron chi connectivity index (χ2n) is 14.9. The highest BCUT2D eigenvalue weighted by Crippen LogP contribution is 2.41. The Bertz CT molecular complexity index is 2770. The van der Waals surface area contributed by atoms with Crippen molar-refractivity contribution in [2.45, 2.75) is 65.0 Å². The summed E-state index contributed by atoms with van der Waals surface area (Å²) in [6.07, 6.45) is -9.29. The molecule has 366 valence electrons. The third-order valence-electron chi connectivity index (χ3n) is 9.93. The van der Waals surface area contributed by atoms with Gasteiger partial charge < -0.3 is 21.3 Å². The fraction of sp³-hybridized carbons (Fsp3) is 0.217. The van der Waals surface area contributed by atoms with Crippen LogP contribution in [0.5, 0.6) is 0 Å². The molecule has 70 heavy (non-hydrogen) atoms. The number of alkyl halides is 6. The first kappa shape index (κ1) is 54.2. The van der Waals surface area contributed by atoms with Gasteiger partial charge in [0, 0.05) is 11.4 Å². The quantitative estimate of drug-likeness (QED) is 0.0430. The summed E-state index contributed by atoms with van der Waals surface area (Å²) in [5.74, 6) is -5.45. The summed E-state index contributed by atoms with van der Waals surface area (Å²) in [6, 6.07) is 13.2. The number of rotatable bonds is 16. The molecular formula is C46H36Cl4F6N8O6. The second kappa shape index (κ2) is 22.8. The van der Waals surface area contributed by atoms with E-state index in [1.807, 2.05) is 0 Å². The van der Waals surface area contributed by atoms with Gasteiger partial charge in [-0.3, -0.25) is 28.8 Å². The normalized spacial score (nSPS) is 12.7. The van der Waals surface area contributed by atoms with Crippen molar-refractivity contribution in [2.24, 2.45) is 20.5 Å². The van der Waals surface area contributed by atoms with E-state index in [1.165, 1.54) is 48.5 Å². The topological polar surface area (TPSA) is 200 Å². The van der Waals surface area contributed by atoms with Crippen LogP contribution in [0.3, 0.4) is 0 Å². The highest BCUT2D eigenvalue weighted by atomic mass is 35.5. The Morgan fingerprint density at radius 3 is 1.17 bits per heavy atom. The van der Waals surface area contributed by atoms with Gasteiger partial charge in [0.2, 0.25) is 12.1 Å². The summed E-state index contributed by atoms with van der Waals surface area (Å²) in [6.45, 7) is 5.61. The average Bonchev–Trinajstić information content (AvgIpc) is 3.26. The van der Waals surface area contributed by atoms with Crippen molar-refractivity contribution in [3.05, 3.63) is 138 Å². The van der Waals surface area contributed by atoms with Crippen molar-refractivity contribution >= 4 is 116 Å². The molecule has 0 aliphatic rings. The van der Waals surface area contributed by atoms with E-state index in [0.29, 0.717) is 11.1 Å². The predicted molar refractivity (Wildman–Crippen MR) is 252 cm³/mol. The fourth-order valence-corrected chi connectivity index (χ4v) is 7.48. The van der Waals surface area contributed by atoms with E-state index in [4.69, 9.17) is 46.4 Å². The van der Waals surface area contributed by atoms with Gasteiger partial charge in [-0.25, -0.2) is 0 Å². The Morgan fingerprint density at radius 2 is 0.857 bits per heavy atom. The molecule has 0 fully saturated rings. The van der Waals surface area contributed by atoms with E-state index >= 15 is 0 Å². The van der Waals surface area contributed by atoms with Gasteiger partial charge in [-0.1, -0.05) is 72.4 Å². The Kier molecular flexibility index (Phi) is 17.6. The smallest absolute Gasteiger partial charge is 0.323 e. The Morgan fingerprint density at radius 1 is 0.500 bits per heavy atom. The maximum Gasteiger partial charge on any atom is 0.419 e. The number of benzene rings is 5. The zero-order valence-electron chi connectivity index (χ0n) is 36.7. The molecule has 0 aromatic heterocycles. The van der Waals surface area contributed by atoms with E-state index in [-0.39, 0.29) is 56.8 Å². The van der Waals surface area contributed by atoms with Crippen LogP contribution in [-0.4, -0.2) is 47.3 Å². The maximum atomic E-state index is 13.7. The highest BCUT2D eigenvalue weighted by Gasteiger charge is 2.38. The van der Waals surface area contributed by atoms with Crippen molar-refractivity contribution in [3.8, 4) is 0 Å². The second-order valence-corrected chi connectivity index (χ2v) is 16.5. The van der Waals surface area contributed by atoms with Crippen molar-refractivity contribution < 1.29 is 55.1 Å². The minimum absolute atomic E-state index is 0.0945. The van der Waals surface area contributed by atoms with Gasteiger partial charge in [0.1, 0.15) is 0 Å². The molecule has 24 heteroatoms. The number of carbonyl (C=O) groups excluding carboxylic acids is 6. The monoisotopic (exact) mass is 1050 g/mol. The van der Waals surface area contributed by atoms with Crippen molar-refractivity contribution in [2.75, 3.05) is 21.3 Å². The zero-order chi connectivity index (χ0) is 51.8. The van der Waals surface area contributed by atoms with Gasteiger partial charge in [0.05, 0.1) is 65.1 Å². The van der Waals surface area contributed by atoms with Gasteiger partial charge in [0.25, 0.3) is 23.6 Å². The number of ketones is 2. The lowest BCUT2D eigenvalue weighted by Crippen LogP contribution is -2.33. The number of azo groups is 2. The van der Waals surface area contributed by atoms with Crippen LogP contribution in [0, 0.1) is 0 Å². The molecule has 0 heterocycles. The summed E-state index contributed by atoms with van der Waals surface area (Å²) in [5.41, 5.74) is -3.29. The van der Waals surface area contributed by atoms with Gasteiger partial charge >= 0.3 is 12.4 Å². The molecule has 2 unspecified atom stereocenters. The molecule has 0 aliphatic carbocycles. The SMILES string of the molecule is CCc1cc(NC(=O)C(N=Nc2ccc(Cl)c(C(=O)Nc3cccc(Cl)c3C(F)(F)F)c2)C(C)=O)c(CC)cc1NC(=O)C(N=Nc1ccc(Cl)c(C(=O)Nc2cccc(Cl)c2C(F)(F)F)c1)C(C)=O. The molecule has 4 amide bonds. The van der Waals surface area contributed by atoms with Crippen LogP contribution in [-0.2, 0) is 44.4 Å². The lowest BCUT2D eigenvalue weighted by molar-refractivity contribution is -0.137. The van der Waals surface area contributed by atoms with Crippen LogP contribution in [0.2, 0.25) is 20.1 Å². The molecule has 5 aromatic carbocycles. The van der Waals surface area contributed by atoms with Crippen LogP contribution >= 0.6 is 46.4 Å². The molecule has 0 radical (unpaired) electrons. The zero-order valence-corrected chi connectivity index (χ0v) is 39.7. The van der Waals surface area contributed by atoms with Crippen LogP contribution < -0.4 is 21.3 Å². The molecule has 5 rings (SSSR count). The fourth-order valence-electron chi connectivity index (χ4n) is 6.51. The van der Waals surface area contributed by atoms with Gasteiger partial charge in [-0.15, -0.1) is 0 Å². The molecule has 4 N–H and O–H groups in total. The molecule has 0 bridgehead atoms. The van der Waals surface area contributed by atoms with E-state index in [0.717, 1.165) is 50.2 Å².